The van der Waals surface area contributed by atoms with Gasteiger partial charge in [-0.2, -0.15) is 5.10 Å². The zero-order valence-corrected chi connectivity index (χ0v) is 12.0. The molecule has 102 valence electrons. The van der Waals surface area contributed by atoms with Gasteiger partial charge in [-0.05, 0) is 20.8 Å². The summed E-state index contributed by atoms with van der Waals surface area (Å²) in [5.41, 5.74) is 2.40. The monoisotopic (exact) mass is 252 g/mol. The molecule has 2 rings (SSSR count). The molecule has 1 fully saturated rings. The van der Waals surface area contributed by atoms with Gasteiger partial charge in [-0.3, -0.25) is 9.58 Å². The van der Waals surface area contributed by atoms with Gasteiger partial charge in [0.15, 0.2) is 0 Å². The molecule has 0 amide bonds. The Hall–Kier alpha value is -1.07. The van der Waals surface area contributed by atoms with Gasteiger partial charge in [0, 0.05) is 39.3 Å². The van der Waals surface area contributed by atoms with E-state index in [4.69, 9.17) is 4.74 Å². The second-order valence-corrected chi connectivity index (χ2v) is 5.24. The summed E-state index contributed by atoms with van der Waals surface area (Å²) in [7, 11) is 3.93. The number of anilines is 1. The fourth-order valence-corrected chi connectivity index (χ4v) is 2.84. The average Bonchev–Trinajstić information content (AvgIpc) is 2.52. The number of hydrogen-bond donors (Lipinski definition) is 1. The molecule has 1 saturated heterocycles. The molecule has 5 nitrogen and oxygen atoms in total. The van der Waals surface area contributed by atoms with Crippen LogP contribution >= 0.6 is 0 Å². The van der Waals surface area contributed by atoms with Gasteiger partial charge in [0.25, 0.3) is 0 Å². The molecule has 1 N–H and O–H groups in total. The molecule has 2 unspecified atom stereocenters. The number of morpholine rings is 1. The fourth-order valence-electron chi connectivity index (χ4n) is 2.84. The van der Waals surface area contributed by atoms with E-state index in [9.17, 15) is 0 Å². The molecule has 1 aliphatic heterocycles. The van der Waals surface area contributed by atoms with E-state index in [1.165, 1.54) is 5.56 Å². The zero-order chi connectivity index (χ0) is 13.3. The molecule has 0 spiro atoms. The normalized spacial score (nSPS) is 25.4. The van der Waals surface area contributed by atoms with E-state index in [0.29, 0.717) is 12.2 Å². The Morgan fingerprint density at radius 3 is 2.50 bits per heavy atom. The quantitative estimate of drug-likeness (QED) is 0.882. The van der Waals surface area contributed by atoms with Crippen LogP contribution in [0.3, 0.4) is 0 Å². The molecule has 0 saturated carbocycles. The predicted molar refractivity (Wildman–Crippen MR) is 72.8 cm³/mol. The largest absolute Gasteiger partial charge is 0.373 e. The van der Waals surface area contributed by atoms with Gasteiger partial charge in [0.1, 0.15) is 5.82 Å². The van der Waals surface area contributed by atoms with Crippen molar-refractivity contribution in [3.63, 3.8) is 0 Å². The van der Waals surface area contributed by atoms with Crippen LogP contribution in [0.1, 0.15) is 25.1 Å². The summed E-state index contributed by atoms with van der Waals surface area (Å²) in [4.78, 5) is 2.45. The number of rotatable bonds is 3. The number of ether oxygens (including phenoxy) is 1. The highest BCUT2D eigenvalue weighted by molar-refractivity contribution is 5.46. The Bertz CT molecular complexity index is 405. The number of nitrogens with one attached hydrogen (secondary N) is 1. The van der Waals surface area contributed by atoms with Crippen LogP contribution in [0.15, 0.2) is 0 Å². The van der Waals surface area contributed by atoms with Crippen molar-refractivity contribution < 1.29 is 4.74 Å². The third-order valence-electron chi connectivity index (χ3n) is 3.46. The highest BCUT2D eigenvalue weighted by Gasteiger charge is 2.24. The summed E-state index contributed by atoms with van der Waals surface area (Å²) in [5, 5.41) is 7.72. The van der Waals surface area contributed by atoms with Crippen LogP contribution in [0.25, 0.3) is 0 Å². The lowest BCUT2D eigenvalue weighted by atomic mass is 10.1. The van der Waals surface area contributed by atoms with E-state index in [1.807, 2.05) is 18.8 Å². The topological polar surface area (TPSA) is 42.3 Å². The van der Waals surface area contributed by atoms with Crippen molar-refractivity contribution in [1.29, 1.82) is 0 Å². The van der Waals surface area contributed by atoms with Crippen molar-refractivity contribution in [2.24, 2.45) is 7.05 Å². The SMILES string of the molecule is CNc1c(CN2CC(C)OC(C)C2)c(C)nn1C. The summed E-state index contributed by atoms with van der Waals surface area (Å²) in [5.74, 6) is 1.11. The van der Waals surface area contributed by atoms with Gasteiger partial charge >= 0.3 is 0 Å². The lowest BCUT2D eigenvalue weighted by molar-refractivity contribution is -0.0704. The van der Waals surface area contributed by atoms with Crippen LogP contribution in [0, 0.1) is 6.92 Å². The Kier molecular flexibility index (Phi) is 3.92. The Morgan fingerprint density at radius 1 is 1.33 bits per heavy atom. The lowest BCUT2D eigenvalue weighted by Crippen LogP contribution is -2.44. The molecule has 2 heterocycles. The van der Waals surface area contributed by atoms with E-state index in [2.05, 4.69) is 36.1 Å². The van der Waals surface area contributed by atoms with Crippen LogP contribution in [-0.4, -0.2) is 47.0 Å². The maximum absolute atomic E-state index is 5.77. The van der Waals surface area contributed by atoms with Gasteiger partial charge in [-0.15, -0.1) is 0 Å². The molecule has 1 aromatic rings. The number of aromatic nitrogens is 2. The molecule has 0 bridgehead atoms. The van der Waals surface area contributed by atoms with Crippen LogP contribution in [-0.2, 0) is 18.3 Å². The van der Waals surface area contributed by atoms with Gasteiger partial charge in [-0.25, -0.2) is 0 Å². The van der Waals surface area contributed by atoms with E-state index in [-0.39, 0.29) is 0 Å². The molecular weight excluding hydrogens is 228 g/mol. The molecule has 5 heteroatoms. The van der Waals surface area contributed by atoms with E-state index in [0.717, 1.165) is 31.1 Å². The Morgan fingerprint density at radius 2 is 1.94 bits per heavy atom. The van der Waals surface area contributed by atoms with Crippen molar-refractivity contribution in [2.75, 3.05) is 25.5 Å². The van der Waals surface area contributed by atoms with Gasteiger partial charge in [0.05, 0.1) is 17.9 Å². The van der Waals surface area contributed by atoms with Crippen molar-refractivity contribution in [3.8, 4) is 0 Å². The van der Waals surface area contributed by atoms with Crippen molar-refractivity contribution in [1.82, 2.24) is 14.7 Å². The third kappa shape index (κ3) is 2.67. The van der Waals surface area contributed by atoms with Crippen LogP contribution in [0.2, 0.25) is 0 Å². The Balaban J connectivity index is 2.13. The first kappa shape index (κ1) is 13.4. The van der Waals surface area contributed by atoms with Crippen LogP contribution < -0.4 is 5.32 Å². The lowest BCUT2D eigenvalue weighted by Gasteiger charge is -2.35. The molecule has 0 radical (unpaired) electrons. The third-order valence-corrected chi connectivity index (χ3v) is 3.46. The minimum absolute atomic E-state index is 0.309. The number of hydrogen-bond acceptors (Lipinski definition) is 4. The molecule has 18 heavy (non-hydrogen) atoms. The molecule has 1 aromatic heterocycles. The van der Waals surface area contributed by atoms with Gasteiger partial charge in [-0.1, -0.05) is 0 Å². The summed E-state index contributed by atoms with van der Waals surface area (Å²) < 4.78 is 7.68. The molecule has 1 aliphatic rings. The molecular formula is C13H24N4O. The summed E-state index contributed by atoms with van der Waals surface area (Å²) in [6, 6.07) is 0. The van der Waals surface area contributed by atoms with E-state index < -0.39 is 0 Å². The smallest absolute Gasteiger partial charge is 0.128 e. The maximum Gasteiger partial charge on any atom is 0.128 e. The average molecular weight is 252 g/mol. The first-order valence-electron chi connectivity index (χ1n) is 6.59. The molecule has 0 aliphatic carbocycles. The van der Waals surface area contributed by atoms with Crippen LogP contribution in [0.5, 0.6) is 0 Å². The minimum atomic E-state index is 0.309. The van der Waals surface area contributed by atoms with Crippen molar-refractivity contribution in [2.45, 2.75) is 39.5 Å². The van der Waals surface area contributed by atoms with Gasteiger partial charge in [0.2, 0.25) is 0 Å². The summed E-state index contributed by atoms with van der Waals surface area (Å²) in [6.45, 7) is 9.26. The van der Waals surface area contributed by atoms with Gasteiger partial charge < -0.3 is 10.1 Å². The first-order chi connectivity index (χ1) is 8.51. The molecule has 0 aromatic carbocycles. The van der Waals surface area contributed by atoms with Crippen LogP contribution in [0.4, 0.5) is 5.82 Å². The highest BCUT2D eigenvalue weighted by Crippen LogP contribution is 2.22. The Labute approximate surface area is 109 Å². The zero-order valence-electron chi connectivity index (χ0n) is 12.0. The standard InChI is InChI=1S/C13H24N4O/c1-9-6-17(7-10(2)18-9)8-12-11(3)15-16(5)13(12)14-4/h9-10,14H,6-8H2,1-5H3. The second-order valence-electron chi connectivity index (χ2n) is 5.24. The predicted octanol–water partition coefficient (Wildman–Crippen LogP) is 1.38. The highest BCUT2D eigenvalue weighted by atomic mass is 16.5. The molecule has 2 atom stereocenters. The second kappa shape index (κ2) is 5.28. The van der Waals surface area contributed by atoms with Crippen molar-refractivity contribution >= 4 is 5.82 Å². The maximum atomic E-state index is 5.77. The fraction of sp³-hybridized carbons (Fsp3) is 0.769. The number of nitrogens with zero attached hydrogens (tertiary/aromatic N) is 3. The summed E-state index contributed by atoms with van der Waals surface area (Å²) >= 11 is 0. The first-order valence-corrected chi connectivity index (χ1v) is 6.59. The summed E-state index contributed by atoms with van der Waals surface area (Å²) in [6.07, 6.45) is 0.618. The van der Waals surface area contributed by atoms with E-state index in [1.54, 1.807) is 0 Å². The van der Waals surface area contributed by atoms with E-state index >= 15 is 0 Å². The number of aryl methyl sites for hydroxylation is 2. The minimum Gasteiger partial charge on any atom is -0.373 e. The van der Waals surface area contributed by atoms with Crippen molar-refractivity contribution in [3.05, 3.63) is 11.3 Å².